The minimum Gasteiger partial charge on any atom is -0.325 e. The summed E-state index contributed by atoms with van der Waals surface area (Å²) in [5, 5.41) is 0. The quantitative estimate of drug-likeness (QED) is 0.489. The van der Waals surface area contributed by atoms with Crippen LogP contribution in [0.3, 0.4) is 0 Å². The molecule has 0 aliphatic heterocycles. The first-order valence-corrected chi connectivity index (χ1v) is 2.49. The van der Waals surface area contributed by atoms with Crippen LogP contribution in [0.1, 0.15) is 13.8 Å². The molecule has 0 unspecified atom stereocenters. The minimum atomic E-state index is 0.771. The molecule has 0 rings (SSSR count). The molecule has 1 amide bonds. The second-order valence-corrected chi connectivity index (χ2v) is 1.98. The number of allylic oxidation sites excluding steroid dienone is 1. The number of carbonyl (C=O) groups excluding carboxylic acids is 1. The van der Waals surface area contributed by atoms with Gasteiger partial charge in [0.15, 0.2) is 0 Å². The Balaban J connectivity index is 3.68. The maximum Gasteiger partial charge on any atom is 0.213 e. The molecule has 0 bridgehead atoms. The number of carbonyl (C=O) groups is 1. The maximum absolute atomic E-state index is 9.92. The van der Waals surface area contributed by atoms with Gasteiger partial charge >= 0.3 is 0 Å². The standard InChI is InChI=1S/C6H11NO/c1-6(2)4-7(3)5-8/h4-5H,1-3H3. The molecule has 46 valence electrons. The van der Waals surface area contributed by atoms with Crippen molar-refractivity contribution in [1.82, 2.24) is 4.90 Å². The third-order valence-corrected chi connectivity index (χ3v) is 0.628. The molecule has 0 aliphatic rings. The van der Waals surface area contributed by atoms with Gasteiger partial charge in [0.1, 0.15) is 0 Å². The van der Waals surface area contributed by atoms with Gasteiger partial charge in [-0.15, -0.1) is 0 Å². The lowest BCUT2D eigenvalue weighted by Crippen LogP contribution is -2.06. The first-order valence-electron chi connectivity index (χ1n) is 2.49. The van der Waals surface area contributed by atoms with E-state index in [2.05, 4.69) is 0 Å². The van der Waals surface area contributed by atoms with Crippen LogP contribution in [0.2, 0.25) is 0 Å². The molecule has 0 aromatic rings. The summed E-state index contributed by atoms with van der Waals surface area (Å²) in [4.78, 5) is 11.4. The van der Waals surface area contributed by atoms with Crippen molar-refractivity contribution in [3.63, 3.8) is 0 Å². The van der Waals surface area contributed by atoms with E-state index in [0.717, 1.165) is 12.0 Å². The van der Waals surface area contributed by atoms with Crippen molar-refractivity contribution < 1.29 is 4.79 Å². The Morgan fingerprint density at radius 1 is 1.50 bits per heavy atom. The van der Waals surface area contributed by atoms with Crippen LogP contribution in [-0.4, -0.2) is 18.4 Å². The van der Waals surface area contributed by atoms with Crippen molar-refractivity contribution in [1.29, 1.82) is 0 Å². The molecule has 0 spiro atoms. The Kier molecular flexibility index (Phi) is 2.92. The number of hydrogen-bond donors (Lipinski definition) is 0. The summed E-state index contributed by atoms with van der Waals surface area (Å²) in [6, 6.07) is 0. The third-order valence-electron chi connectivity index (χ3n) is 0.628. The lowest BCUT2D eigenvalue weighted by atomic mass is 10.4. The summed E-state index contributed by atoms with van der Waals surface area (Å²) >= 11 is 0. The van der Waals surface area contributed by atoms with Gasteiger partial charge in [-0.25, -0.2) is 0 Å². The van der Waals surface area contributed by atoms with Gasteiger partial charge in [-0.1, -0.05) is 5.57 Å². The highest BCUT2D eigenvalue weighted by atomic mass is 16.1. The molecule has 8 heavy (non-hydrogen) atoms. The zero-order valence-electron chi connectivity index (χ0n) is 5.51. The van der Waals surface area contributed by atoms with Crippen LogP contribution >= 0.6 is 0 Å². The van der Waals surface area contributed by atoms with E-state index < -0.39 is 0 Å². The molecule has 0 atom stereocenters. The number of amides is 1. The van der Waals surface area contributed by atoms with E-state index >= 15 is 0 Å². The first kappa shape index (κ1) is 7.21. The highest BCUT2D eigenvalue weighted by molar-refractivity contribution is 5.48. The van der Waals surface area contributed by atoms with Gasteiger partial charge in [0, 0.05) is 13.2 Å². The number of rotatable bonds is 2. The van der Waals surface area contributed by atoms with Crippen molar-refractivity contribution >= 4 is 6.41 Å². The van der Waals surface area contributed by atoms with Crippen LogP contribution in [0.15, 0.2) is 11.8 Å². The van der Waals surface area contributed by atoms with Crippen LogP contribution < -0.4 is 0 Å². The smallest absolute Gasteiger partial charge is 0.213 e. The molecule has 0 fully saturated rings. The molecule has 0 aliphatic carbocycles. The van der Waals surface area contributed by atoms with Crippen molar-refractivity contribution in [3.05, 3.63) is 11.8 Å². The van der Waals surface area contributed by atoms with Crippen molar-refractivity contribution in [3.8, 4) is 0 Å². The lowest BCUT2D eigenvalue weighted by Gasteiger charge is -2.01. The normalized spacial score (nSPS) is 7.88. The van der Waals surface area contributed by atoms with Gasteiger partial charge in [0.25, 0.3) is 0 Å². The molecule has 0 radical (unpaired) electrons. The lowest BCUT2D eigenvalue weighted by molar-refractivity contribution is -0.115. The highest BCUT2D eigenvalue weighted by Crippen LogP contribution is 1.88. The Morgan fingerprint density at radius 2 is 2.00 bits per heavy atom. The van der Waals surface area contributed by atoms with Crippen molar-refractivity contribution in [2.75, 3.05) is 7.05 Å². The monoisotopic (exact) mass is 113 g/mol. The summed E-state index contributed by atoms with van der Waals surface area (Å²) in [6.45, 7) is 3.89. The second kappa shape index (κ2) is 3.24. The predicted molar refractivity (Wildman–Crippen MR) is 33.3 cm³/mol. The van der Waals surface area contributed by atoms with E-state index in [4.69, 9.17) is 0 Å². The summed E-state index contributed by atoms with van der Waals surface area (Å²) in [7, 11) is 1.71. The largest absolute Gasteiger partial charge is 0.325 e. The minimum absolute atomic E-state index is 0.771. The van der Waals surface area contributed by atoms with Crippen LogP contribution in [0.5, 0.6) is 0 Å². The van der Waals surface area contributed by atoms with Crippen LogP contribution in [0.4, 0.5) is 0 Å². The van der Waals surface area contributed by atoms with Gasteiger partial charge in [-0.3, -0.25) is 4.79 Å². The molecule has 2 nitrogen and oxygen atoms in total. The summed E-state index contributed by atoms with van der Waals surface area (Å²) in [5.74, 6) is 0. The zero-order valence-corrected chi connectivity index (χ0v) is 5.51. The Morgan fingerprint density at radius 3 is 2.12 bits per heavy atom. The van der Waals surface area contributed by atoms with Gasteiger partial charge in [0.05, 0.1) is 0 Å². The SMILES string of the molecule is CC(C)=CN(C)C=O. The molecular formula is C6H11NO. The second-order valence-electron chi connectivity index (χ2n) is 1.98. The molecule has 0 saturated heterocycles. The van der Waals surface area contributed by atoms with Crippen molar-refractivity contribution in [2.45, 2.75) is 13.8 Å². The Bertz CT molecular complexity index is 103. The number of nitrogens with zero attached hydrogens (tertiary/aromatic N) is 1. The third kappa shape index (κ3) is 3.40. The molecule has 2 heteroatoms. The molecular weight excluding hydrogens is 102 g/mol. The van der Waals surface area contributed by atoms with Gasteiger partial charge in [-0.05, 0) is 13.8 Å². The summed E-state index contributed by atoms with van der Waals surface area (Å²) in [6.07, 6.45) is 2.54. The van der Waals surface area contributed by atoms with Crippen molar-refractivity contribution in [2.24, 2.45) is 0 Å². The molecule has 0 heterocycles. The summed E-state index contributed by atoms with van der Waals surface area (Å²) in [5.41, 5.74) is 1.12. The zero-order chi connectivity index (χ0) is 6.57. The number of hydrogen-bond acceptors (Lipinski definition) is 1. The van der Waals surface area contributed by atoms with E-state index in [-0.39, 0.29) is 0 Å². The van der Waals surface area contributed by atoms with Gasteiger partial charge in [0.2, 0.25) is 6.41 Å². The Labute approximate surface area is 49.8 Å². The van der Waals surface area contributed by atoms with Gasteiger partial charge in [-0.2, -0.15) is 0 Å². The van der Waals surface area contributed by atoms with E-state index in [9.17, 15) is 4.79 Å². The average molecular weight is 113 g/mol. The Hall–Kier alpha value is -0.790. The topological polar surface area (TPSA) is 20.3 Å². The average Bonchev–Trinajstić information content (AvgIpc) is 1.65. The summed E-state index contributed by atoms with van der Waals surface area (Å²) < 4.78 is 0. The molecule has 0 N–H and O–H groups in total. The first-order chi connectivity index (χ1) is 3.66. The molecule has 0 aromatic carbocycles. The highest BCUT2D eigenvalue weighted by Gasteiger charge is 1.82. The van der Waals surface area contributed by atoms with E-state index in [1.807, 2.05) is 13.8 Å². The maximum atomic E-state index is 9.92. The van der Waals surface area contributed by atoms with E-state index in [1.165, 1.54) is 4.90 Å². The van der Waals surface area contributed by atoms with Gasteiger partial charge < -0.3 is 4.90 Å². The predicted octanol–water partition coefficient (Wildman–Crippen LogP) is 0.998. The van der Waals surface area contributed by atoms with Crippen LogP contribution in [0, 0.1) is 0 Å². The molecule has 0 saturated carbocycles. The fourth-order valence-corrected chi connectivity index (χ4v) is 0.438. The van der Waals surface area contributed by atoms with E-state index in [0.29, 0.717) is 0 Å². The van der Waals surface area contributed by atoms with Crippen LogP contribution in [0.25, 0.3) is 0 Å². The fraction of sp³-hybridized carbons (Fsp3) is 0.500. The molecule has 0 aromatic heterocycles. The fourth-order valence-electron chi connectivity index (χ4n) is 0.438. The van der Waals surface area contributed by atoms with Crippen LogP contribution in [-0.2, 0) is 4.79 Å². The van der Waals surface area contributed by atoms with E-state index in [1.54, 1.807) is 13.2 Å².